The molecule has 0 aromatic heterocycles. The summed E-state index contributed by atoms with van der Waals surface area (Å²) in [6.45, 7) is 4.24. The number of nitrogens with two attached hydrogens (primary N) is 1. The van der Waals surface area contributed by atoms with Gasteiger partial charge in [-0.15, -0.1) is 0 Å². The molecule has 0 heterocycles. The highest BCUT2D eigenvalue weighted by Crippen LogP contribution is 2.26. The van der Waals surface area contributed by atoms with Crippen LogP contribution in [0, 0.1) is 17.1 Å². The molecule has 1 aliphatic carbocycles. The lowest BCUT2D eigenvalue weighted by atomic mass is 9.89. The monoisotopic (exact) mass is 273 g/mol. The summed E-state index contributed by atoms with van der Waals surface area (Å²) >= 11 is 0. The second kappa shape index (κ2) is 6.01. The van der Waals surface area contributed by atoms with Crippen molar-refractivity contribution in [1.82, 2.24) is 5.01 Å². The van der Waals surface area contributed by atoms with Crippen molar-refractivity contribution in [2.24, 2.45) is 11.8 Å². The highest BCUT2D eigenvalue weighted by molar-refractivity contribution is 5.81. The van der Waals surface area contributed by atoms with E-state index < -0.39 is 0 Å². The maximum atomic E-state index is 13.6. The number of halogens is 1. The van der Waals surface area contributed by atoms with Crippen LogP contribution in [-0.2, 0) is 6.54 Å². The van der Waals surface area contributed by atoms with Crippen molar-refractivity contribution in [3.8, 4) is 0 Å². The largest absolute Gasteiger partial charge is 0.294 e. The predicted molar refractivity (Wildman–Crippen MR) is 79.5 cm³/mol. The van der Waals surface area contributed by atoms with Crippen molar-refractivity contribution >= 4 is 5.84 Å². The minimum Gasteiger partial charge on any atom is -0.294 e. The van der Waals surface area contributed by atoms with Gasteiger partial charge in [0.1, 0.15) is 11.7 Å². The molecule has 4 heteroatoms. The van der Waals surface area contributed by atoms with E-state index in [1.54, 1.807) is 18.2 Å². The van der Waals surface area contributed by atoms with Crippen molar-refractivity contribution < 1.29 is 4.39 Å². The van der Waals surface area contributed by atoms with Crippen LogP contribution in [0.5, 0.6) is 0 Å². The second-order valence-corrected chi connectivity index (χ2v) is 5.25. The fourth-order valence-electron chi connectivity index (χ4n) is 2.20. The topological polar surface area (TPSA) is 53.1 Å². The number of benzene rings is 1. The Labute approximate surface area is 119 Å². The Bertz CT molecular complexity index is 575. The van der Waals surface area contributed by atoms with E-state index in [0.29, 0.717) is 11.4 Å². The third kappa shape index (κ3) is 3.14. The first-order valence-corrected chi connectivity index (χ1v) is 6.71. The summed E-state index contributed by atoms with van der Waals surface area (Å²) in [6.07, 6.45) is 4.92. The number of nitrogens with zero attached hydrogens (tertiary/aromatic N) is 1. The van der Waals surface area contributed by atoms with Crippen molar-refractivity contribution in [2.45, 2.75) is 26.8 Å². The lowest BCUT2D eigenvalue weighted by Crippen LogP contribution is -2.40. The zero-order valence-electron chi connectivity index (χ0n) is 11.9. The van der Waals surface area contributed by atoms with Crippen molar-refractivity contribution in [1.29, 1.82) is 5.41 Å². The minimum absolute atomic E-state index is 0.0154. The Morgan fingerprint density at radius 2 is 2.05 bits per heavy atom. The molecular weight excluding hydrogens is 253 g/mol. The van der Waals surface area contributed by atoms with Gasteiger partial charge in [-0.05, 0) is 30.6 Å². The lowest BCUT2D eigenvalue weighted by molar-refractivity contribution is 0.394. The molecule has 0 saturated carbocycles. The Morgan fingerprint density at radius 3 is 2.60 bits per heavy atom. The molecule has 0 unspecified atom stereocenters. The quantitative estimate of drug-likeness (QED) is 0.374. The third-order valence-electron chi connectivity index (χ3n) is 3.64. The van der Waals surface area contributed by atoms with Crippen LogP contribution in [0.1, 0.15) is 25.8 Å². The number of nitrogens with one attached hydrogen (secondary N) is 1. The molecule has 20 heavy (non-hydrogen) atoms. The van der Waals surface area contributed by atoms with Crippen LogP contribution < -0.4 is 5.84 Å². The van der Waals surface area contributed by atoms with Gasteiger partial charge in [0.05, 0.1) is 6.54 Å². The first-order valence-electron chi connectivity index (χ1n) is 6.71. The molecule has 0 radical (unpaired) electrons. The predicted octanol–water partition coefficient (Wildman–Crippen LogP) is 3.39. The maximum Gasteiger partial charge on any atom is 0.128 e. The Morgan fingerprint density at radius 1 is 1.35 bits per heavy atom. The Balaban J connectivity index is 1.93. The van der Waals surface area contributed by atoms with E-state index in [9.17, 15) is 4.39 Å². The van der Waals surface area contributed by atoms with Gasteiger partial charge in [-0.3, -0.25) is 10.4 Å². The summed E-state index contributed by atoms with van der Waals surface area (Å²) in [5, 5.41) is 9.43. The van der Waals surface area contributed by atoms with Gasteiger partial charge in [-0.25, -0.2) is 10.2 Å². The van der Waals surface area contributed by atoms with Crippen LogP contribution in [0.25, 0.3) is 0 Å². The van der Waals surface area contributed by atoms with Crippen molar-refractivity contribution in [3.05, 3.63) is 58.9 Å². The van der Waals surface area contributed by atoms with Gasteiger partial charge in [-0.2, -0.15) is 0 Å². The van der Waals surface area contributed by atoms with E-state index in [1.165, 1.54) is 22.2 Å². The third-order valence-corrected chi connectivity index (χ3v) is 3.64. The van der Waals surface area contributed by atoms with E-state index >= 15 is 0 Å². The molecule has 0 bridgehead atoms. The first kappa shape index (κ1) is 14.5. The molecule has 1 aliphatic rings. The molecule has 0 saturated heterocycles. The zero-order chi connectivity index (χ0) is 14.7. The molecule has 106 valence electrons. The van der Waals surface area contributed by atoms with Gasteiger partial charge in [0.15, 0.2) is 0 Å². The van der Waals surface area contributed by atoms with Gasteiger partial charge in [-0.1, -0.05) is 37.3 Å². The smallest absolute Gasteiger partial charge is 0.128 e. The number of rotatable bonds is 5. The average Bonchev–Trinajstić information content (AvgIpc) is 2.44. The van der Waals surface area contributed by atoms with Gasteiger partial charge in [0.25, 0.3) is 0 Å². The molecule has 1 aromatic rings. The Hall–Kier alpha value is -1.94. The molecule has 0 amide bonds. The highest BCUT2D eigenvalue weighted by atomic mass is 19.1. The number of amidine groups is 1. The molecule has 1 atom stereocenters. The van der Waals surface area contributed by atoms with Crippen LogP contribution in [0.4, 0.5) is 4.39 Å². The molecule has 3 N–H and O–H groups in total. The second-order valence-electron chi connectivity index (χ2n) is 5.25. The van der Waals surface area contributed by atoms with E-state index in [4.69, 9.17) is 11.3 Å². The van der Waals surface area contributed by atoms with E-state index in [-0.39, 0.29) is 18.3 Å². The molecule has 3 nitrogen and oxygen atoms in total. The summed E-state index contributed by atoms with van der Waals surface area (Å²) in [7, 11) is 0. The van der Waals surface area contributed by atoms with Gasteiger partial charge in [0.2, 0.25) is 0 Å². The highest BCUT2D eigenvalue weighted by Gasteiger charge is 2.19. The van der Waals surface area contributed by atoms with E-state index in [1.807, 2.05) is 6.92 Å². The number of allylic oxidation sites excluding steroid dienone is 4. The number of hydrogen-bond donors (Lipinski definition) is 2. The molecular formula is C16H20FN3. The first-order chi connectivity index (χ1) is 9.49. The van der Waals surface area contributed by atoms with Gasteiger partial charge in [0, 0.05) is 11.5 Å². The standard InChI is InChI=1S/C16H20FN3/c1-11-7-8-13(11)9-12(2)16(18)20(19)10-14-5-3-4-6-15(14)17/h3-8,12,18H,9-10,19H2,1-2H3/t12-/m0/s1. The molecule has 1 aromatic carbocycles. The van der Waals surface area contributed by atoms with Crippen LogP contribution in [0.15, 0.2) is 47.6 Å². The lowest BCUT2D eigenvalue weighted by Gasteiger charge is -2.26. The maximum absolute atomic E-state index is 13.6. The van der Waals surface area contributed by atoms with Crippen LogP contribution >= 0.6 is 0 Å². The minimum atomic E-state index is -0.288. The molecule has 0 spiro atoms. The summed E-state index contributed by atoms with van der Waals surface area (Å²) < 4.78 is 13.6. The SMILES string of the molecule is CC1=CC=C1C[C@H](C)C(=N)N(N)Cc1ccccc1F. The Kier molecular flexibility index (Phi) is 4.35. The normalized spacial score (nSPS) is 15.0. The van der Waals surface area contributed by atoms with Crippen molar-refractivity contribution in [3.63, 3.8) is 0 Å². The molecule has 0 fully saturated rings. The molecule has 0 aliphatic heterocycles. The fourth-order valence-corrected chi connectivity index (χ4v) is 2.20. The van der Waals surface area contributed by atoms with E-state index in [2.05, 4.69) is 19.1 Å². The van der Waals surface area contributed by atoms with Crippen LogP contribution in [-0.4, -0.2) is 10.8 Å². The number of hydrazine groups is 1. The summed E-state index contributed by atoms with van der Waals surface area (Å²) in [4.78, 5) is 0. The van der Waals surface area contributed by atoms with Crippen LogP contribution in [0.2, 0.25) is 0 Å². The summed E-state index contributed by atoms with van der Waals surface area (Å²) in [5.41, 5.74) is 3.04. The van der Waals surface area contributed by atoms with E-state index in [0.717, 1.165) is 6.42 Å². The fraction of sp³-hybridized carbons (Fsp3) is 0.312. The van der Waals surface area contributed by atoms with Crippen molar-refractivity contribution in [2.75, 3.05) is 0 Å². The van der Waals surface area contributed by atoms with Gasteiger partial charge < -0.3 is 0 Å². The van der Waals surface area contributed by atoms with Crippen LogP contribution in [0.3, 0.4) is 0 Å². The zero-order valence-corrected chi connectivity index (χ0v) is 11.9. The summed E-state index contributed by atoms with van der Waals surface area (Å²) in [5.74, 6) is 5.95. The van der Waals surface area contributed by atoms with Gasteiger partial charge >= 0.3 is 0 Å². The average molecular weight is 273 g/mol. The molecule has 2 rings (SSSR count). The number of hydrogen-bond acceptors (Lipinski definition) is 2. The summed E-state index contributed by atoms with van der Waals surface area (Å²) in [6, 6.07) is 6.51.